The van der Waals surface area contributed by atoms with Crippen LogP contribution in [-0.4, -0.2) is 61.7 Å². The lowest BCUT2D eigenvalue weighted by Crippen LogP contribution is -2.08. The molecule has 0 bridgehead atoms. The number of hydrogen-bond donors (Lipinski definition) is 0. The summed E-state index contributed by atoms with van der Waals surface area (Å²) in [4.78, 5) is 0.174. The van der Waals surface area contributed by atoms with E-state index < -0.39 is 15.7 Å². The van der Waals surface area contributed by atoms with E-state index in [0.717, 1.165) is 5.56 Å². The Hall–Kier alpha value is -3.95. The van der Waals surface area contributed by atoms with Crippen LogP contribution in [0.2, 0.25) is 0 Å². The summed E-state index contributed by atoms with van der Waals surface area (Å²) in [5.74, 6) is -1.22. The molecule has 15 heteroatoms. The molecule has 0 spiro atoms. The Morgan fingerprint density at radius 3 is 1.76 bits per heavy atom. The van der Waals surface area contributed by atoms with Gasteiger partial charge >= 0.3 is 0 Å². The average Bonchev–Trinajstić information content (AvgIpc) is 2.98. The third kappa shape index (κ3) is 7.62. The van der Waals surface area contributed by atoms with Crippen LogP contribution < -0.4 is 0 Å². The van der Waals surface area contributed by atoms with E-state index in [1.165, 1.54) is 59.9 Å². The molecular formula is C26H22F2N8O2S3. The minimum atomic E-state index is -3.66. The molecule has 0 saturated carbocycles. The average molecular weight is 613 g/mol. The zero-order valence-electron chi connectivity index (χ0n) is 21.9. The molecule has 0 aliphatic heterocycles. The van der Waals surface area contributed by atoms with Crippen LogP contribution in [0.5, 0.6) is 0 Å². The van der Waals surface area contributed by atoms with Crippen molar-refractivity contribution < 1.29 is 17.2 Å². The highest BCUT2D eigenvalue weighted by atomic mass is 32.2. The van der Waals surface area contributed by atoms with Crippen molar-refractivity contribution in [2.45, 2.75) is 27.9 Å². The van der Waals surface area contributed by atoms with Gasteiger partial charge in [0.15, 0.2) is 9.84 Å². The molecule has 0 aliphatic rings. The lowest BCUT2D eigenvalue weighted by molar-refractivity contribution is 0.594. The Morgan fingerprint density at radius 1 is 0.659 bits per heavy atom. The van der Waals surface area contributed by atoms with Crippen molar-refractivity contribution in [2.24, 2.45) is 0 Å². The fraction of sp³-hybridized carbons (Fsp3) is 0.154. The smallest absolute Gasteiger partial charge is 0.223 e. The normalized spacial score (nSPS) is 11.0. The fourth-order valence-electron chi connectivity index (χ4n) is 3.43. The van der Waals surface area contributed by atoms with Crippen molar-refractivity contribution in [2.75, 3.05) is 12.5 Å². The van der Waals surface area contributed by atoms with Gasteiger partial charge in [0.2, 0.25) is 22.0 Å². The molecule has 3 aromatic carbocycles. The number of aromatic nitrogens is 8. The van der Waals surface area contributed by atoms with E-state index in [4.69, 9.17) is 0 Å². The van der Waals surface area contributed by atoms with Gasteiger partial charge < -0.3 is 0 Å². The summed E-state index contributed by atoms with van der Waals surface area (Å²) >= 11 is 2.59. The van der Waals surface area contributed by atoms with Gasteiger partial charge in [-0.15, -0.1) is 40.8 Å². The maximum atomic E-state index is 14.4. The number of rotatable bonds is 7. The zero-order chi connectivity index (χ0) is 29.4. The molecule has 0 radical (unpaired) electrons. The van der Waals surface area contributed by atoms with Crippen LogP contribution in [0.1, 0.15) is 11.1 Å². The Balaban J connectivity index is 0.000000218. The van der Waals surface area contributed by atoms with Crippen LogP contribution in [0, 0.1) is 18.6 Å². The van der Waals surface area contributed by atoms with Crippen LogP contribution in [0.25, 0.3) is 22.8 Å². The minimum absolute atomic E-state index is 0.00385. The molecule has 5 rings (SSSR count). The Bertz CT molecular complexity index is 1730. The quantitative estimate of drug-likeness (QED) is 0.232. The van der Waals surface area contributed by atoms with Gasteiger partial charge in [0, 0.05) is 0 Å². The molecule has 2 aromatic heterocycles. The standard InChI is InChI=1S/C17H15FN4O2S2.C9H7FN4S/c1-11-6-8-13(9-7-11)26(23,24)10-12-4-3-5-14(18)15(12)16-19-21-17(25-2)22-20-16;1-15-9-13-11-8(12-14-9)6-4-2-3-5-7(6)10/h3-9H,10H2,1-2H3;2-5H,1H3. The van der Waals surface area contributed by atoms with Crippen LogP contribution in [0.15, 0.2) is 81.9 Å². The zero-order valence-corrected chi connectivity index (χ0v) is 24.4. The lowest BCUT2D eigenvalue weighted by atomic mass is 10.1. The van der Waals surface area contributed by atoms with E-state index in [1.54, 1.807) is 36.6 Å². The van der Waals surface area contributed by atoms with E-state index in [0.29, 0.717) is 15.9 Å². The largest absolute Gasteiger partial charge is 0.229 e. The van der Waals surface area contributed by atoms with Crippen molar-refractivity contribution in [1.29, 1.82) is 0 Å². The molecule has 0 fully saturated rings. The molecule has 0 amide bonds. The second-order valence-electron chi connectivity index (χ2n) is 8.25. The van der Waals surface area contributed by atoms with Gasteiger partial charge in [-0.2, -0.15) is 0 Å². The Kier molecular flexibility index (Phi) is 9.96. The predicted molar refractivity (Wildman–Crippen MR) is 152 cm³/mol. The SMILES string of the molecule is CSc1nnc(-c2c(F)cccc2CS(=O)(=O)c2ccc(C)cc2)nn1.CSc1nnc(-c2ccccc2F)nn1. The van der Waals surface area contributed by atoms with E-state index in [-0.39, 0.29) is 39.2 Å². The second kappa shape index (κ2) is 13.6. The molecule has 0 unspecified atom stereocenters. The predicted octanol–water partition coefficient (Wildman–Crippen LogP) is 4.87. The highest BCUT2D eigenvalue weighted by Gasteiger charge is 2.22. The molecule has 5 aromatic rings. The summed E-state index contributed by atoms with van der Waals surface area (Å²) < 4.78 is 53.2. The Labute approximate surface area is 243 Å². The summed E-state index contributed by atoms with van der Waals surface area (Å²) in [5, 5.41) is 31.4. The first-order valence-electron chi connectivity index (χ1n) is 11.8. The highest BCUT2D eigenvalue weighted by molar-refractivity contribution is 7.98. The number of sulfone groups is 1. The summed E-state index contributed by atoms with van der Waals surface area (Å²) in [7, 11) is -3.66. The monoisotopic (exact) mass is 612 g/mol. The molecule has 0 aliphatic carbocycles. The van der Waals surface area contributed by atoms with Gasteiger partial charge in [0.25, 0.3) is 0 Å². The fourth-order valence-corrected chi connectivity index (χ4v) is 5.28. The van der Waals surface area contributed by atoms with Crippen LogP contribution in [0.3, 0.4) is 0 Å². The van der Waals surface area contributed by atoms with E-state index >= 15 is 0 Å². The molecular weight excluding hydrogens is 591 g/mol. The molecule has 0 saturated heterocycles. The minimum Gasteiger partial charge on any atom is -0.223 e. The van der Waals surface area contributed by atoms with E-state index in [2.05, 4.69) is 40.8 Å². The van der Waals surface area contributed by atoms with Gasteiger partial charge in [0.05, 0.1) is 21.8 Å². The van der Waals surface area contributed by atoms with Gasteiger partial charge in [0.1, 0.15) is 11.6 Å². The maximum Gasteiger partial charge on any atom is 0.229 e. The van der Waals surface area contributed by atoms with Crippen molar-refractivity contribution in [1.82, 2.24) is 40.8 Å². The molecule has 2 heterocycles. The van der Waals surface area contributed by atoms with Crippen LogP contribution in [-0.2, 0) is 15.6 Å². The van der Waals surface area contributed by atoms with Crippen LogP contribution in [0.4, 0.5) is 8.78 Å². The number of aryl methyl sites for hydroxylation is 1. The summed E-state index contributed by atoms with van der Waals surface area (Å²) in [5.41, 5.74) is 1.52. The highest BCUT2D eigenvalue weighted by Crippen LogP contribution is 2.27. The molecule has 0 N–H and O–H groups in total. The summed E-state index contributed by atoms with van der Waals surface area (Å²) in [6, 6.07) is 17.0. The van der Waals surface area contributed by atoms with Gasteiger partial charge in [-0.3, -0.25) is 0 Å². The van der Waals surface area contributed by atoms with Crippen molar-refractivity contribution >= 4 is 33.4 Å². The first kappa shape index (κ1) is 30.0. The topological polar surface area (TPSA) is 137 Å². The molecule has 10 nitrogen and oxygen atoms in total. The number of hydrogen-bond acceptors (Lipinski definition) is 12. The molecule has 210 valence electrons. The number of halogens is 2. The van der Waals surface area contributed by atoms with Crippen LogP contribution >= 0.6 is 23.5 Å². The first-order valence-corrected chi connectivity index (χ1v) is 15.9. The van der Waals surface area contributed by atoms with Crippen molar-refractivity contribution in [3.8, 4) is 22.8 Å². The lowest BCUT2D eigenvalue weighted by Gasteiger charge is -2.10. The summed E-state index contributed by atoms with van der Waals surface area (Å²) in [6.07, 6.45) is 3.59. The number of thioether (sulfide) groups is 2. The molecule has 0 atom stereocenters. The number of nitrogens with zero attached hydrogens (tertiary/aromatic N) is 8. The maximum absolute atomic E-state index is 14.4. The van der Waals surface area contributed by atoms with Crippen molar-refractivity contribution in [3.05, 3.63) is 89.5 Å². The third-order valence-electron chi connectivity index (χ3n) is 5.45. The Morgan fingerprint density at radius 2 is 1.20 bits per heavy atom. The van der Waals surface area contributed by atoms with Crippen molar-refractivity contribution in [3.63, 3.8) is 0 Å². The summed E-state index contributed by atoms with van der Waals surface area (Å²) in [6.45, 7) is 1.87. The molecule has 41 heavy (non-hydrogen) atoms. The van der Waals surface area contributed by atoms with Gasteiger partial charge in [-0.25, -0.2) is 17.2 Å². The number of benzene rings is 3. The van der Waals surface area contributed by atoms with Gasteiger partial charge in [-0.1, -0.05) is 65.5 Å². The van der Waals surface area contributed by atoms with E-state index in [1.807, 2.05) is 13.2 Å². The first-order chi connectivity index (χ1) is 19.7. The third-order valence-corrected chi connectivity index (χ3v) is 8.19. The van der Waals surface area contributed by atoms with Gasteiger partial charge in [-0.05, 0) is 55.3 Å². The van der Waals surface area contributed by atoms with E-state index in [9.17, 15) is 17.2 Å². The second-order valence-corrected chi connectivity index (χ2v) is 11.8.